The number of nitro groups is 1. The Balaban J connectivity index is 2.87. The summed E-state index contributed by atoms with van der Waals surface area (Å²) in [5.41, 5.74) is -0.977. The average Bonchev–Trinajstić information content (AvgIpc) is 2.27. The van der Waals surface area contributed by atoms with Gasteiger partial charge in [-0.15, -0.1) is 0 Å². The third-order valence-electron chi connectivity index (χ3n) is 2.02. The predicted octanol–water partition coefficient (Wildman–Crippen LogP) is 0.938. The van der Waals surface area contributed by atoms with E-state index in [1.807, 2.05) is 0 Å². The third kappa shape index (κ3) is 3.51. The number of carboxylic acid groups (broad SMARTS) is 1. The Bertz CT molecular complexity index is 503. The summed E-state index contributed by atoms with van der Waals surface area (Å²) in [6.07, 6.45) is -0.325. The molecule has 1 aromatic carbocycles. The molecule has 1 amide bonds. The molecule has 18 heavy (non-hydrogen) atoms. The highest BCUT2D eigenvalue weighted by Crippen LogP contribution is 2.19. The van der Waals surface area contributed by atoms with Crippen molar-refractivity contribution < 1.29 is 24.0 Å². The Morgan fingerprint density at radius 1 is 1.44 bits per heavy atom. The SMILES string of the molecule is O=C(O)CCNC(=O)c1cc(F)ccc1[N+](=O)[O-]. The predicted molar refractivity (Wildman–Crippen MR) is 57.6 cm³/mol. The number of aliphatic carboxylic acids is 1. The van der Waals surface area contributed by atoms with Crippen LogP contribution in [0.25, 0.3) is 0 Å². The van der Waals surface area contributed by atoms with Crippen LogP contribution < -0.4 is 5.32 Å². The molecule has 0 spiro atoms. The fourth-order valence-corrected chi connectivity index (χ4v) is 1.23. The second kappa shape index (κ2) is 5.71. The van der Waals surface area contributed by atoms with E-state index in [2.05, 4.69) is 5.32 Å². The second-order valence-corrected chi connectivity index (χ2v) is 3.32. The van der Waals surface area contributed by atoms with Gasteiger partial charge in [0.2, 0.25) is 0 Å². The van der Waals surface area contributed by atoms with Gasteiger partial charge in [0.25, 0.3) is 11.6 Å². The van der Waals surface area contributed by atoms with Crippen molar-refractivity contribution in [3.8, 4) is 0 Å². The number of rotatable bonds is 5. The van der Waals surface area contributed by atoms with Crippen molar-refractivity contribution in [3.63, 3.8) is 0 Å². The summed E-state index contributed by atoms with van der Waals surface area (Å²) in [5, 5.41) is 21.2. The fraction of sp³-hybridized carbons (Fsp3) is 0.200. The molecule has 0 atom stereocenters. The lowest BCUT2D eigenvalue weighted by Crippen LogP contribution is -2.26. The summed E-state index contributed by atoms with van der Waals surface area (Å²) in [6, 6.07) is 2.47. The van der Waals surface area contributed by atoms with E-state index in [0.717, 1.165) is 18.2 Å². The lowest BCUT2D eigenvalue weighted by molar-refractivity contribution is -0.385. The van der Waals surface area contributed by atoms with Gasteiger partial charge in [-0.2, -0.15) is 0 Å². The molecule has 0 bridgehead atoms. The molecule has 2 N–H and O–H groups in total. The molecular formula is C10H9FN2O5. The Hall–Kier alpha value is -2.51. The van der Waals surface area contributed by atoms with Gasteiger partial charge in [0.05, 0.1) is 11.3 Å². The van der Waals surface area contributed by atoms with Crippen molar-refractivity contribution in [2.75, 3.05) is 6.54 Å². The van der Waals surface area contributed by atoms with E-state index >= 15 is 0 Å². The summed E-state index contributed by atoms with van der Waals surface area (Å²) in [7, 11) is 0. The first-order valence-corrected chi connectivity index (χ1v) is 4.85. The Morgan fingerprint density at radius 2 is 2.11 bits per heavy atom. The molecule has 0 aliphatic carbocycles. The van der Waals surface area contributed by atoms with Crippen LogP contribution in [0.3, 0.4) is 0 Å². The smallest absolute Gasteiger partial charge is 0.305 e. The molecule has 0 aromatic heterocycles. The Morgan fingerprint density at radius 3 is 2.67 bits per heavy atom. The summed E-state index contributed by atoms with van der Waals surface area (Å²) >= 11 is 0. The van der Waals surface area contributed by atoms with E-state index in [1.165, 1.54) is 0 Å². The van der Waals surface area contributed by atoms with E-state index in [1.54, 1.807) is 0 Å². The van der Waals surface area contributed by atoms with Crippen LogP contribution >= 0.6 is 0 Å². The van der Waals surface area contributed by atoms with Crippen LogP contribution in [0.4, 0.5) is 10.1 Å². The van der Waals surface area contributed by atoms with Crippen LogP contribution in [0.5, 0.6) is 0 Å². The molecule has 8 heteroatoms. The van der Waals surface area contributed by atoms with Gasteiger partial charge < -0.3 is 10.4 Å². The van der Waals surface area contributed by atoms with Gasteiger partial charge in [-0.1, -0.05) is 0 Å². The minimum atomic E-state index is -1.12. The van der Waals surface area contributed by atoms with Crippen molar-refractivity contribution in [1.82, 2.24) is 5.32 Å². The molecule has 0 radical (unpaired) electrons. The van der Waals surface area contributed by atoms with Gasteiger partial charge in [0, 0.05) is 12.6 Å². The van der Waals surface area contributed by atoms with Gasteiger partial charge in [-0.3, -0.25) is 19.7 Å². The molecule has 0 aliphatic heterocycles. The first kappa shape index (κ1) is 13.6. The monoisotopic (exact) mass is 256 g/mol. The highest BCUT2D eigenvalue weighted by Gasteiger charge is 2.20. The topological polar surface area (TPSA) is 110 Å². The normalized spacial score (nSPS) is 9.83. The Kier molecular flexibility index (Phi) is 4.30. The maximum atomic E-state index is 12.9. The van der Waals surface area contributed by atoms with Crippen molar-refractivity contribution in [3.05, 3.63) is 39.7 Å². The van der Waals surface area contributed by atoms with E-state index in [0.29, 0.717) is 0 Å². The van der Waals surface area contributed by atoms with Crippen molar-refractivity contribution in [2.45, 2.75) is 6.42 Å². The summed E-state index contributed by atoms with van der Waals surface area (Å²) in [6.45, 7) is -0.193. The fourth-order valence-electron chi connectivity index (χ4n) is 1.23. The van der Waals surface area contributed by atoms with Gasteiger partial charge in [0.15, 0.2) is 0 Å². The van der Waals surface area contributed by atoms with Crippen molar-refractivity contribution in [2.24, 2.45) is 0 Å². The molecular weight excluding hydrogens is 247 g/mol. The highest BCUT2D eigenvalue weighted by atomic mass is 19.1. The molecule has 0 saturated carbocycles. The number of amides is 1. The van der Waals surface area contributed by atoms with Crippen LogP contribution in [0.1, 0.15) is 16.8 Å². The highest BCUT2D eigenvalue weighted by molar-refractivity contribution is 5.98. The molecule has 0 saturated heterocycles. The van der Waals surface area contributed by atoms with Gasteiger partial charge in [-0.05, 0) is 12.1 Å². The maximum absolute atomic E-state index is 12.9. The second-order valence-electron chi connectivity index (χ2n) is 3.32. The van der Waals surface area contributed by atoms with E-state index in [9.17, 15) is 24.1 Å². The first-order chi connectivity index (χ1) is 8.41. The zero-order valence-corrected chi connectivity index (χ0v) is 9.05. The third-order valence-corrected chi connectivity index (χ3v) is 2.02. The zero-order chi connectivity index (χ0) is 13.7. The number of benzene rings is 1. The van der Waals surface area contributed by atoms with Gasteiger partial charge in [-0.25, -0.2) is 4.39 Å². The van der Waals surface area contributed by atoms with Crippen LogP contribution in [0, 0.1) is 15.9 Å². The molecule has 1 aromatic rings. The quantitative estimate of drug-likeness (QED) is 0.601. The number of nitrogens with one attached hydrogen (secondary N) is 1. The number of nitrogens with zero attached hydrogens (tertiary/aromatic N) is 1. The van der Waals surface area contributed by atoms with Crippen LogP contribution in [-0.4, -0.2) is 28.5 Å². The molecule has 0 aliphatic rings. The Labute approximate surface area is 100 Å². The van der Waals surface area contributed by atoms with Crippen molar-refractivity contribution >= 4 is 17.6 Å². The lowest BCUT2D eigenvalue weighted by Gasteiger charge is -2.04. The van der Waals surface area contributed by atoms with Crippen LogP contribution in [0.2, 0.25) is 0 Å². The minimum Gasteiger partial charge on any atom is -0.481 e. The number of carbonyl (C=O) groups is 2. The van der Waals surface area contributed by atoms with E-state index in [-0.39, 0.29) is 13.0 Å². The van der Waals surface area contributed by atoms with Crippen LogP contribution in [-0.2, 0) is 4.79 Å². The summed E-state index contributed by atoms with van der Waals surface area (Å²) < 4.78 is 12.9. The number of carbonyl (C=O) groups excluding carboxylic acids is 1. The average molecular weight is 256 g/mol. The standard InChI is InChI=1S/C10H9FN2O5/c11-6-1-2-8(13(17)18)7(5-6)10(16)12-4-3-9(14)15/h1-2,5H,3-4H2,(H,12,16)(H,14,15). The van der Waals surface area contributed by atoms with Gasteiger partial charge >= 0.3 is 5.97 Å². The van der Waals surface area contributed by atoms with E-state index in [4.69, 9.17) is 5.11 Å². The number of hydrogen-bond acceptors (Lipinski definition) is 4. The lowest BCUT2D eigenvalue weighted by atomic mass is 10.1. The molecule has 96 valence electrons. The van der Waals surface area contributed by atoms with Gasteiger partial charge in [0.1, 0.15) is 11.4 Å². The number of halogens is 1. The molecule has 0 fully saturated rings. The molecule has 0 heterocycles. The number of hydrogen-bond donors (Lipinski definition) is 2. The van der Waals surface area contributed by atoms with E-state index < -0.39 is 33.9 Å². The summed E-state index contributed by atoms with van der Waals surface area (Å²) in [4.78, 5) is 31.6. The van der Waals surface area contributed by atoms with Crippen LogP contribution in [0.15, 0.2) is 18.2 Å². The zero-order valence-electron chi connectivity index (χ0n) is 9.05. The molecule has 1 rings (SSSR count). The maximum Gasteiger partial charge on any atom is 0.305 e. The minimum absolute atomic E-state index is 0.193. The van der Waals surface area contributed by atoms with Crippen molar-refractivity contribution in [1.29, 1.82) is 0 Å². The molecule has 7 nitrogen and oxygen atoms in total. The number of nitro benzene ring substituents is 1. The largest absolute Gasteiger partial charge is 0.481 e. The summed E-state index contributed by atoms with van der Waals surface area (Å²) in [5.74, 6) is -2.80. The molecule has 0 unspecified atom stereocenters. The first-order valence-electron chi connectivity index (χ1n) is 4.85. The number of carboxylic acids is 1.